The van der Waals surface area contributed by atoms with Crippen molar-refractivity contribution in [1.29, 1.82) is 0 Å². The summed E-state index contributed by atoms with van der Waals surface area (Å²) >= 11 is 0. The maximum Gasteiger partial charge on any atom is 0.332 e. The van der Waals surface area contributed by atoms with Gasteiger partial charge in [0.15, 0.2) is 0 Å². The zero-order chi connectivity index (χ0) is 13.8. The summed E-state index contributed by atoms with van der Waals surface area (Å²) in [6, 6.07) is 8.30. The Bertz CT molecular complexity index is 552. The molecule has 3 N–H and O–H groups in total. The number of urea groups is 1. The highest BCUT2D eigenvalue weighted by atomic mass is 16.2. The molecule has 98 valence electrons. The van der Waals surface area contributed by atoms with Crippen molar-refractivity contribution in [2.45, 2.75) is 6.92 Å². The Hall–Kier alpha value is -2.70. The number of anilines is 1. The molecule has 2 rings (SSSR count). The topological polar surface area (TPSA) is 100 Å². The number of primary amides is 1. The number of benzene rings is 1. The Balaban J connectivity index is 2.15. The molecule has 1 atom stereocenters. The van der Waals surface area contributed by atoms with Gasteiger partial charge in [-0.05, 0) is 19.1 Å². The molecule has 1 aromatic rings. The molecule has 0 saturated heterocycles. The molecular formula is C12H13N5O2. The van der Waals surface area contributed by atoms with Crippen molar-refractivity contribution >= 4 is 29.6 Å². The third-order valence-corrected chi connectivity index (χ3v) is 2.58. The highest BCUT2D eigenvalue weighted by Crippen LogP contribution is 2.22. The lowest BCUT2D eigenvalue weighted by molar-refractivity contribution is -0.118. The van der Waals surface area contributed by atoms with Gasteiger partial charge in [0, 0.05) is 6.21 Å². The van der Waals surface area contributed by atoms with Crippen LogP contribution in [0.25, 0.3) is 0 Å². The number of carbonyl (C=O) groups is 2. The van der Waals surface area contributed by atoms with Gasteiger partial charge < -0.3 is 5.73 Å². The van der Waals surface area contributed by atoms with Crippen molar-refractivity contribution in [3.63, 3.8) is 0 Å². The van der Waals surface area contributed by atoms with Gasteiger partial charge in [0.05, 0.1) is 11.4 Å². The van der Waals surface area contributed by atoms with Gasteiger partial charge in [0.1, 0.15) is 5.92 Å². The van der Waals surface area contributed by atoms with E-state index in [4.69, 9.17) is 5.73 Å². The summed E-state index contributed by atoms with van der Waals surface area (Å²) in [5.41, 5.74) is 8.21. The average molecular weight is 259 g/mol. The predicted octanol–water partition coefficient (Wildman–Crippen LogP) is 0.679. The van der Waals surface area contributed by atoms with Gasteiger partial charge in [0.2, 0.25) is 0 Å². The Morgan fingerprint density at radius 2 is 2.16 bits per heavy atom. The van der Waals surface area contributed by atoms with Crippen LogP contribution in [-0.2, 0) is 4.79 Å². The van der Waals surface area contributed by atoms with E-state index in [1.54, 1.807) is 19.1 Å². The van der Waals surface area contributed by atoms with Crippen molar-refractivity contribution in [3.05, 3.63) is 30.3 Å². The minimum Gasteiger partial charge on any atom is -0.350 e. The predicted molar refractivity (Wildman–Crippen MR) is 71.7 cm³/mol. The lowest BCUT2D eigenvalue weighted by atomic mass is 10.1. The first-order valence-corrected chi connectivity index (χ1v) is 5.62. The van der Waals surface area contributed by atoms with Gasteiger partial charge in [-0.3, -0.25) is 4.79 Å². The molecular weight excluding hydrogens is 246 g/mol. The monoisotopic (exact) mass is 259 g/mol. The van der Waals surface area contributed by atoms with Crippen LogP contribution < -0.4 is 16.2 Å². The van der Waals surface area contributed by atoms with E-state index in [-0.39, 0.29) is 5.91 Å². The molecule has 0 aliphatic carbocycles. The Morgan fingerprint density at radius 1 is 1.47 bits per heavy atom. The molecule has 1 heterocycles. The molecule has 7 heteroatoms. The second kappa shape index (κ2) is 5.30. The fraction of sp³-hybridized carbons (Fsp3) is 0.167. The van der Waals surface area contributed by atoms with Gasteiger partial charge in [0.25, 0.3) is 5.91 Å². The van der Waals surface area contributed by atoms with Crippen LogP contribution in [0.2, 0.25) is 0 Å². The van der Waals surface area contributed by atoms with E-state index in [0.717, 1.165) is 0 Å². The van der Waals surface area contributed by atoms with Crippen LogP contribution >= 0.6 is 0 Å². The third-order valence-electron chi connectivity index (χ3n) is 2.58. The highest BCUT2D eigenvalue weighted by molar-refractivity contribution is 6.23. The molecule has 3 amide bonds. The SMILES string of the molecule is CC1=NN(c2ccccc2)C(=O)[C@H]1/C=N\NC(N)=O. The van der Waals surface area contributed by atoms with Crippen molar-refractivity contribution in [3.8, 4) is 0 Å². The molecule has 0 fully saturated rings. The minimum atomic E-state index is -0.781. The number of hydrazone groups is 2. The number of carbonyl (C=O) groups excluding carboxylic acids is 2. The van der Waals surface area contributed by atoms with Crippen LogP contribution in [0.3, 0.4) is 0 Å². The average Bonchev–Trinajstić information content (AvgIpc) is 2.67. The summed E-state index contributed by atoms with van der Waals surface area (Å²) < 4.78 is 0. The number of amides is 3. The van der Waals surface area contributed by atoms with Gasteiger partial charge in [-0.1, -0.05) is 18.2 Å². The minimum absolute atomic E-state index is 0.223. The summed E-state index contributed by atoms with van der Waals surface area (Å²) in [4.78, 5) is 22.7. The van der Waals surface area contributed by atoms with Crippen LogP contribution in [0, 0.1) is 5.92 Å². The quantitative estimate of drug-likeness (QED) is 0.616. The molecule has 0 aromatic heterocycles. The van der Waals surface area contributed by atoms with Crippen LogP contribution in [0.5, 0.6) is 0 Å². The number of nitrogens with one attached hydrogen (secondary N) is 1. The van der Waals surface area contributed by atoms with Crippen molar-refractivity contribution in [1.82, 2.24) is 5.43 Å². The van der Waals surface area contributed by atoms with E-state index in [1.165, 1.54) is 11.2 Å². The van der Waals surface area contributed by atoms with Gasteiger partial charge in [-0.2, -0.15) is 15.2 Å². The second-order valence-electron chi connectivity index (χ2n) is 3.96. The highest BCUT2D eigenvalue weighted by Gasteiger charge is 2.33. The number of hydrogen-bond donors (Lipinski definition) is 2. The molecule has 19 heavy (non-hydrogen) atoms. The van der Waals surface area contributed by atoms with E-state index >= 15 is 0 Å². The standard InChI is InChI=1S/C12H13N5O2/c1-8-10(7-14-15-12(13)19)11(18)17(16-8)9-5-3-2-4-6-9/h2-7,10H,1H3,(H3,13,15,19)/b14-7-/t10-/m0/s1. The van der Waals surface area contributed by atoms with Crippen LogP contribution in [0.1, 0.15) is 6.92 Å². The van der Waals surface area contributed by atoms with Gasteiger partial charge in [-0.25, -0.2) is 10.2 Å². The molecule has 0 unspecified atom stereocenters. The van der Waals surface area contributed by atoms with Gasteiger partial charge in [-0.15, -0.1) is 0 Å². The first kappa shape index (κ1) is 12.7. The molecule has 7 nitrogen and oxygen atoms in total. The van der Waals surface area contributed by atoms with Crippen molar-refractivity contribution < 1.29 is 9.59 Å². The summed E-state index contributed by atoms with van der Waals surface area (Å²) in [7, 11) is 0. The van der Waals surface area contributed by atoms with Crippen molar-refractivity contribution in [2.75, 3.05) is 5.01 Å². The normalized spacial score (nSPS) is 18.8. The number of rotatable bonds is 3. The van der Waals surface area contributed by atoms with E-state index in [0.29, 0.717) is 11.4 Å². The molecule has 1 aliphatic heterocycles. The van der Waals surface area contributed by atoms with E-state index in [9.17, 15) is 9.59 Å². The molecule has 0 radical (unpaired) electrons. The Labute approximate surface area is 109 Å². The first-order valence-electron chi connectivity index (χ1n) is 5.62. The smallest absolute Gasteiger partial charge is 0.332 e. The van der Waals surface area contributed by atoms with Crippen LogP contribution in [-0.4, -0.2) is 23.9 Å². The fourth-order valence-electron chi connectivity index (χ4n) is 1.68. The summed E-state index contributed by atoms with van der Waals surface area (Å²) in [6.45, 7) is 1.72. The maximum atomic E-state index is 12.2. The lowest BCUT2D eigenvalue weighted by Crippen LogP contribution is -2.30. The lowest BCUT2D eigenvalue weighted by Gasteiger charge is -2.12. The number of para-hydroxylation sites is 1. The summed E-state index contributed by atoms with van der Waals surface area (Å²) in [5.74, 6) is -0.814. The van der Waals surface area contributed by atoms with Crippen LogP contribution in [0.4, 0.5) is 10.5 Å². The maximum absolute atomic E-state index is 12.2. The van der Waals surface area contributed by atoms with E-state index < -0.39 is 11.9 Å². The number of hydrogen-bond acceptors (Lipinski definition) is 4. The largest absolute Gasteiger partial charge is 0.350 e. The molecule has 0 bridgehead atoms. The Morgan fingerprint density at radius 3 is 2.79 bits per heavy atom. The fourth-order valence-corrected chi connectivity index (χ4v) is 1.68. The Kier molecular flexibility index (Phi) is 3.56. The number of nitrogens with two attached hydrogens (primary N) is 1. The second-order valence-corrected chi connectivity index (χ2v) is 3.96. The summed E-state index contributed by atoms with van der Waals surface area (Å²) in [5, 5.41) is 9.10. The molecule has 0 saturated carbocycles. The molecule has 0 spiro atoms. The molecule has 1 aromatic carbocycles. The zero-order valence-corrected chi connectivity index (χ0v) is 10.3. The zero-order valence-electron chi connectivity index (χ0n) is 10.3. The van der Waals surface area contributed by atoms with E-state index in [2.05, 4.69) is 15.6 Å². The third kappa shape index (κ3) is 2.76. The first-order chi connectivity index (χ1) is 9.09. The number of nitrogens with zero attached hydrogens (tertiary/aromatic N) is 3. The van der Waals surface area contributed by atoms with E-state index in [1.807, 2.05) is 18.2 Å². The van der Waals surface area contributed by atoms with Crippen LogP contribution in [0.15, 0.2) is 40.5 Å². The van der Waals surface area contributed by atoms with Crippen molar-refractivity contribution in [2.24, 2.45) is 21.9 Å². The van der Waals surface area contributed by atoms with Gasteiger partial charge >= 0.3 is 6.03 Å². The molecule has 1 aliphatic rings. The summed E-state index contributed by atoms with van der Waals surface area (Å²) in [6.07, 6.45) is 1.31.